The van der Waals surface area contributed by atoms with Crippen LogP contribution < -0.4 is 0 Å². The lowest BCUT2D eigenvalue weighted by atomic mass is 10.2. The quantitative estimate of drug-likeness (QED) is 0.142. The van der Waals surface area contributed by atoms with E-state index in [9.17, 15) is 17.6 Å². The van der Waals surface area contributed by atoms with Gasteiger partial charge in [0.1, 0.15) is 23.3 Å². The van der Waals surface area contributed by atoms with Crippen LogP contribution in [0, 0.1) is 28.0 Å². The normalized spacial score (nSPS) is 10.4. The maximum atomic E-state index is 13.2. The maximum Gasteiger partial charge on any atom is 0.177 e. The molecule has 5 nitrogen and oxygen atoms in total. The first kappa shape index (κ1) is 32.7. The molecule has 4 rings (SSSR count). The standard InChI is InChI=1S/C14H17F2N3S.C10H8F2N2S.2ClH/c1-18(2)5-6-20-14-17-3-4-19(14)10-11-7-12(15)9-13(16)8-11;11-8-3-7(4-9(12)5-8)6-14-2-1-13-10(14)15;;/h3-4,7-9H,5-6,10H2,1-2H3;1-5H,6H2,(H,13,15);2*1H. The van der Waals surface area contributed by atoms with Gasteiger partial charge in [-0.05, 0) is 61.7 Å². The average Bonchev–Trinajstić information content (AvgIpc) is 3.35. The van der Waals surface area contributed by atoms with Gasteiger partial charge in [0.25, 0.3) is 0 Å². The molecule has 0 saturated heterocycles. The summed E-state index contributed by atoms with van der Waals surface area (Å²) in [6, 6.07) is 6.99. The van der Waals surface area contributed by atoms with Crippen LogP contribution in [0.5, 0.6) is 0 Å². The zero-order valence-corrected chi connectivity index (χ0v) is 23.3. The largest absolute Gasteiger partial charge is 0.337 e. The number of thioether (sulfide) groups is 1. The predicted octanol–water partition coefficient (Wildman–Crippen LogP) is 6.58. The van der Waals surface area contributed by atoms with Gasteiger partial charge < -0.3 is 19.0 Å². The minimum Gasteiger partial charge on any atom is -0.337 e. The molecule has 37 heavy (non-hydrogen) atoms. The van der Waals surface area contributed by atoms with Crippen LogP contribution in [0.15, 0.2) is 66.3 Å². The summed E-state index contributed by atoms with van der Waals surface area (Å²) in [6.45, 7) is 1.72. The van der Waals surface area contributed by atoms with Crippen LogP contribution in [-0.2, 0) is 13.1 Å². The Morgan fingerprint density at radius 1 is 0.838 bits per heavy atom. The second-order valence-corrected chi connectivity index (χ2v) is 9.39. The summed E-state index contributed by atoms with van der Waals surface area (Å²) in [5.41, 5.74) is 1.14. The molecule has 2 aromatic heterocycles. The van der Waals surface area contributed by atoms with Crippen molar-refractivity contribution >= 4 is 48.8 Å². The van der Waals surface area contributed by atoms with Crippen molar-refractivity contribution in [3.05, 3.63) is 100 Å². The first-order chi connectivity index (χ1) is 16.7. The Balaban J connectivity index is 0.000000363. The van der Waals surface area contributed by atoms with Crippen molar-refractivity contribution in [2.75, 3.05) is 26.4 Å². The van der Waals surface area contributed by atoms with Gasteiger partial charge in [-0.3, -0.25) is 0 Å². The van der Waals surface area contributed by atoms with E-state index in [0.29, 0.717) is 29.0 Å². The fourth-order valence-corrected chi connectivity index (χ4v) is 4.41. The average molecular weight is 597 g/mol. The maximum absolute atomic E-state index is 13.2. The molecular formula is C24H27Cl2F4N5S2. The lowest BCUT2D eigenvalue weighted by Crippen LogP contribution is -2.15. The van der Waals surface area contributed by atoms with Gasteiger partial charge in [0.15, 0.2) is 9.93 Å². The SMILES string of the molecule is CN(C)CCSc1nccn1Cc1cc(F)cc(F)c1.Cl.Cl.Fc1cc(F)cc(Cn2cc[nH]c2=S)c1. The number of hydrogen-bond acceptors (Lipinski definition) is 4. The Labute approximate surface area is 234 Å². The molecule has 0 unspecified atom stereocenters. The molecule has 0 aliphatic heterocycles. The van der Waals surface area contributed by atoms with Crippen LogP contribution in [-0.4, -0.2) is 50.4 Å². The van der Waals surface area contributed by atoms with Crippen molar-refractivity contribution in [1.29, 1.82) is 0 Å². The second kappa shape index (κ2) is 15.8. The summed E-state index contributed by atoms with van der Waals surface area (Å²) in [7, 11) is 4.03. The van der Waals surface area contributed by atoms with E-state index in [0.717, 1.165) is 29.6 Å². The van der Waals surface area contributed by atoms with E-state index in [1.54, 1.807) is 34.9 Å². The highest BCUT2D eigenvalue weighted by molar-refractivity contribution is 7.99. The molecule has 202 valence electrons. The molecule has 0 aliphatic rings. The number of nitrogens with zero attached hydrogens (tertiary/aromatic N) is 4. The number of benzene rings is 2. The van der Waals surface area contributed by atoms with E-state index in [-0.39, 0.29) is 24.8 Å². The molecular weight excluding hydrogens is 569 g/mol. The number of aromatic amines is 1. The molecule has 13 heteroatoms. The van der Waals surface area contributed by atoms with Crippen molar-refractivity contribution in [2.24, 2.45) is 0 Å². The molecule has 2 aromatic carbocycles. The second-order valence-electron chi connectivity index (χ2n) is 7.94. The summed E-state index contributed by atoms with van der Waals surface area (Å²) >= 11 is 6.60. The minimum absolute atomic E-state index is 0. The summed E-state index contributed by atoms with van der Waals surface area (Å²) < 4.78 is 56.2. The van der Waals surface area contributed by atoms with Gasteiger partial charge in [-0.2, -0.15) is 0 Å². The first-order valence-electron chi connectivity index (χ1n) is 10.6. The van der Waals surface area contributed by atoms with Crippen molar-refractivity contribution in [2.45, 2.75) is 18.2 Å². The number of halogens is 6. The van der Waals surface area contributed by atoms with E-state index in [4.69, 9.17) is 12.2 Å². The molecule has 4 aromatic rings. The molecule has 0 aliphatic carbocycles. The molecule has 0 atom stereocenters. The number of imidazole rings is 2. The minimum atomic E-state index is -0.577. The van der Waals surface area contributed by atoms with Crippen molar-refractivity contribution < 1.29 is 17.6 Å². The van der Waals surface area contributed by atoms with Gasteiger partial charge in [-0.15, -0.1) is 24.8 Å². The molecule has 0 bridgehead atoms. The fourth-order valence-electron chi connectivity index (χ4n) is 3.15. The summed E-state index contributed by atoms with van der Waals surface area (Å²) in [6.07, 6.45) is 6.93. The summed E-state index contributed by atoms with van der Waals surface area (Å²) in [4.78, 5) is 9.18. The van der Waals surface area contributed by atoms with Crippen molar-refractivity contribution in [1.82, 2.24) is 24.0 Å². The van der Waals surface area contributed by atoms with Gasteiger partial charge in [0.05, 0.1) is 0 Å². The van der Waals surface area contributed by atoms with Crippen LogP contribution >= 0.6 is 48.8 Å². The van der Waals surface area contributed by atoms with Gasteiger partial charge in [-0.25, -0.2) is 22.5 Å². The number of rotatable bonds is 8. The number of H-pyrrole nitrogens is 1. The van der Waals surface area contributed by atoms with Crippen LogP contribution in [0.4, 0.5) is 17.6 Å². The third-order valence-corrected chi connectivity index (χ3v) is 6.06. The number of aromatic nitrogens is 4. The van der Waals surface area contributed by atoms with E-state index in [1.807, 2.05) is 24.9 Å². The molecule has 1 N–H and O–H groups in total. The zero-order chi connectivity index (χ0) is 25.4. The predicted molar refractivity (Wildman–Crippen MR) is 147 cm³/mol. The third-order valence-electron chi connectivity index (χ3n) is 4.72. The smallest absolute Gasteiger partial charge is 0.177 e. The molecule has 0 radical (unpaired) electrons. The monoisotopic (exact) mass is 595 g/mol. The van der Waals surface area contributed by atoms with Gasteiger partial charge >= 0.3 is 0 Å². The molecule has 0 amide bonds. The highest BCUT2D eigenvalue weighted by atomic mass is 35.5. The fraction of sp³-hybridized carbons (Fsp3) is 0.250. The lowest BCUT2D eigenvalue weighted by molar-refractivity contribution is 0.437. The van der Waals surface area contributed by atoms with Gasteiger partial charge in [0, 0.05) is 62.3 Å². The Hall–Kier alpha value is -2.31. The third kappa shape index (κ3) is 10.9. The van der Waals surface area contributed by atoms with E-state index < -0.39 is 23.3 Å². The molecule has 0 fully saturated rings. The van der Waals surface area contributed by atoms with E-state index in [2.05, 4.69) is 14.9 Å². The van der Waals surface area contributed by atoms with E-state index in [1.165, 1.54) is 24.3 Å². The van der Waals surface area contributed by atoms with Crippen LogP contribution in [0.2, 0.25) is 0 Å². The molecule has 0 saturated carbocycles. The summed E-state index contributed by atoms with van der Waals surface area (Å²) in [5, 5.41) is 0.858. The molecule has 0 spiro atoms. The lowest BCUT2D eigenvalue weighted by Gasteiger charge is -2.10. The Morgan fingerprint density at radius 3 is 1.81 bits per heavy atom. The van der Waals surface area contributed by atoms with E-state index >= 15 is 0 Å². The summed E-state index contributed by atoms with van der Waals surface area (Å²) in [5.74, 6) is -1.34. The van der Waals surface area contributed by atoms with Gasteiger partial charge in [0.2, 0.25) is 0 Å². The van der Waals surface area contributed by atoms with Crippen LogP contribution in [0.25, 0.3) is 0 Å². The Morgan fingerprint density at radius 2 is 1.35 bits per heavy atom. The zero-order valence-electron chi connectivity index (χ0n) is 20.0. The number of nitrogens with one attached hydrogen (secondary N) is 1. The highest BCUT2D eigenvalue weighted by Gasteiger charge is 2.07. The topological polar surface area (TPSA) is 41.8 Å². The Bertz CT molecular complexity index is 1270. The van der Waals surface area contributed by atoms with Crippen LogP contribution in [0.1, 0.15) is 11.1 Å². The molecule has 2 heterocycles. The van der Waals surface area contributed by atoms with Crippen molar-refractivity contribution in [3.63, 3.8) is 0 Å². The number of hydrogen-bond donors (Lipinski definition) is 1. The Kier molecular flexibility index (Phi) is 14.0. The highest BCUT2D eigenvalue weighted by Crippen LogP contribution is 2.18. The first-order valence-corrected chi connectivity index (χ1v) is 12.0. The van der Waals surface area contributed by atoms with Crippen molar-refractivity contribution in [3.8, 4) is 0 Å². The van der Waals surface area contributed by atoms with Crippen LogP contribution in [0.3, 0.4) is 0 Å². The van der Waals surface area contributed by atoms with Gasteiger partial charge in [-0.1, -0.05) is 11.8 Å².